The van der Waals surface area contributed by atoms with E-state index in [0.29, 0.717) is 12.1 Å². The molecule has 0 aromatic heterocycles. The van der Waals surface area contributed by atoms with Crippen molar-refractivity contribution in [3.63, 3.8) is 0 Å². The molecule has 0 heterocycles. The normalized spacial score (nSPS) is 10.3. The van der Waals surface area contributed by atoms with Crippen LogP contribution in [0.15, 0.2) is 30.9 Å². The zero-order valence-corrected chi connectivity index (χ0v) is 10.7. The third kappa shape index (κ3) is 5.29. The number of thioether (sulfide) groups is 1. The number of non-ortho nitro benzene ring substituents is 1. The van der Waals surface area contributed by atoms with E-state index in [-0.39, 0.29) is 5.69 Å². The molecule has 1 rings (SSSR count). The Morgan fingerprint density at radius 1 is 1.50 bits per heavy atom. The van der Waals surface area contributed by atoms with Crippen LogP contribution in [-0.4, -0.2) is 23.0 Å². The summed E-state index contributed by atoms with van der Waals surface area (Å²) >= 11 is 1.74. The molecule has 0 aliphatic carbocycles. The van der Waals surface area contributed by atoms with Gasteiger partial charge < -0.3 is 5.32 Å². The molecule has 1 aromatic carbocycles. The van der Waals surface area contributed by atoms with Crippen molar-refractivity contribution in [2.24, 2.45) is 0 Å². The highest BCUT2D eigenvalue weighted by atomic mass is 32.2. The number of nitrogens with zero attached hydrogens (tertiary/aromatic N) is 1. The highest BCUT2D eigenvalue weighted by Crippen LogP contribution is 2.16. The van der Waals surface area contributed by atoms with Crippen LogP contribution in [0.1, 0.15) is 5.56 Å². The number of benzene rings is 1. The zero-order chi connectivity index (χ0) is 13.4. The quantitative estimate of drug-likeness (QED) is 0.341. The van der Waals surface area contributed by atoms with Crippen LogP contribution in [0.2, 0.25) is 0 Å². The fourth-order valence-corrected chi connectivity index (χ4v) is 2.01. The Labute approximate surface area is 109 Å². The van der Waals surface area contributed by atoms with E-state index in [1.807, 2.05) is 6.08 Å². The Kier molecular flexibility index (Phi) is 6.38. The lowest BCUT2D eigenvalue weighted by Gasteiger charge is -2.04. The van der Waals surface area contributed by atoms with Crippen LogP contribution in [-0.2, 0) is 6.54 Å². The molecule has 0 bridgehead atoms. The first-order chi connectivity index (χ1) is 8.63. The molecule has 6 heteroatoms. The van der Waals surface area contributed by atoms with E-state index in [1.54, 1.807) is 11.8 Å². The maximum atomic E-state index is 13.1. The summed E-state index contributed by atoms with van der Waals surface area (Å²) in [6.07, 6.45) is 1.83. The summed E-state index contributed by atoms with van der Waals surface area (Å²) in [6, 6.07) is 3.60. The second-order valence-corrected chi connectivity index (χ2v) is 4.76. The summed E-state index contributed by atoms with van der Waals surface area (Å²) in [4.78, 5) is 9.97. The van der Waals surface area contributed by atoms with E-state index in [0.717, 1.165) is 24.1 Å². The van der Waals surface area contributed by atoms with Crippen molar-refractivity contribution in [2.75, 3.05) is 18.1 Å². The highest BCUT2D eigenvalue weighted by molar-refractivity contribution is 7.99. The minimum atomic E-state index is -0.591. The summed E-state index contributed by atoms with van der Waals surface area (Å²) < 4.78 is 13.1. The molecule has 0 saturated carbocycles. The fraction of sp³-hybridized carbons (Fsp3) is 0.333. The average molecular weight is 270 g/mol. The van der Waals surface area contributed by atoms with Crippen LogP contribution in [0.3, 0.4) is 0 Å². The van der Waals surface area contributed by atoms with Crippen molar-refractivity contribution in [2.45, 2.75) is 6.54 Å². The Hall–Kier alpha value is -1.40. The molecule has 0 amide bonds. The molecule has 1 aromatic rings. The maximum absolute atomic E-state index is 13.1. The fourth-order valence-electron chi connectivity index (χ4n) is 1.38. The lowest BCUT2D eigenvalue weighted by atomic mass is 10.2. The van der Waals surface area contributed by atoms with Gasteiger partial charge in [-0.2, -0.15) is 11.8 Å². The molecule has 0 aliphatic heterocycles. The Balaban J connectivity index is 2.42. The second-order valence-electron chi connectivity index (χ2n) is 3.62. The number of nitrogens with one attached hydrogen (secondary N) is 1. The van der Waals surface area contributed by atoms with Crippen molar-refractivity contribution < 1.29 is 9.31 Å². The number of rotatable bonds is 8. The summed E-state index contributed by atoms with van der Waals surface area (Å²) in [5, 5.41) is 13.7. The molecular formula is C12H15FN2O2S. The highest BCUT2D eigenvalue weighted by Gasteiger charge is 2.09. The summed E-state index contributed by atoms with van der Waals surface area (Å²) in [5.74, 6) is 1.23. The van der Waals surface area contributed by atoms with Gasteiger partial charge in [0.1, 0.15) is 5.82 Å². The van der Waals surface area contributed by atoms with E-state index < -0.39 is 10.7 Å². The predicted octanol–water partition coefficient (Wildman–Crippen LogP) is 2.74. The number of hydrogen-bond acceptors (Lipinski definition) is 4. The standard InChI is InChI=1S/C12H15FN2O2S/c1-2-4-18-5-3-14-9-10-6-11(13)8-12(7-10)15(16)17/h2,6-8,14H,1,3-5,9H2. The van der Waals surface area contributed by atoms with E-state index in [4.69, 9.17) is 0 Å². The lowest BCUT2D eigenvalue weighted by molar-refractivity contribution is -0.385. The Bertz CT molecular complexity index is 427. The van der Waals surface area contributed by atoms with E-state index in [2.05, 4.69) is 11.9 Å². The van der Waals surface area contributed by atoms with Gasteiger partial charge in [-0.3, -0.25) is 10.1 Å². The van der Waals surface area contributed by atoms with Crippen molar-refractivity contribution in [1.29, 1.82) is 0 Å². The van der Waals surface area contributed by atoms with Gasteiger partial charge in [0.15, 0.2) is 0 Å². The molecule has 0 fully saturated rings. The summed E-state index contributed by atoms with van der Waals surface area (Å²) in [5.41, 5.74) is 0.364. The van der Waals surface area contributed by atoms with Gasteiger partial charge in [-0.1, -0.05) is 6.08 Å². The Morgan fingerprint density at radius 2 is 2.28 bits per heavy atom. The van der Waals surface area contributed by atoms with E-state index in [9.17, 15) is 14.5 Å². The lowest BCUT2D eigenvalue weighted by Crippen LogP contribution is -2.16. The molecule has 0 atom stereocenters. The first-order valence-corrected chi connectivity index (χ1v) is 6.62. The molecule has 1 N–H and O–H groups in total. The molecule has 0 radical (unpaired) electrons. The number of nitro groups is 1. The zero-order valence-electron chi connectivity index (χ0n) is 9.89. The number of hydrogen-bond donors (Lipinski definition) is 1. The van der Waals surface area contributed by atoms with Crippen LogP contribution >= 0.6 is 11.8 Å². The number of halogens is 1. The molecule has 0 saturated heterocycles. The molecule has 18 heavy (non-hydrogen) atoms. The minimum Gasteiger partial charge on any atom is -0.312 e. The van der Waals surface area contributed by atoms with Crippen molar-refractivity contribution in [1.82, 2.24) is 5.32 Å². The summed E-state index contributed by atoms with van der Waals surface area (Å²) in [7, 11) is 0. The van der Waals surface area contributed by atoms with Gasteiger partial charge in [0.05, 0.1) is 11.0 Å². The molecule has 98 valence electrons. The maximum Gasteiger partial charge on any atom is 0.272 e. The Morgan fingerprint density at radius 3 is 2.94 bits per heavy atom. The van der Waals surface area contributed by atoms with Gasteiger partial charge in [-0.15, -0.1) is 6.58 Å². The predicted molar refractivity (Wildman–Crippen MR) is 72.3 cm³/mol. The van der Waals surface area contributed by atoms with Crippen LogP contribution in [0.5, 0.6) is 0 Å². The van der Waals surface area contributed by atoms with Crippen LogP contribution < -0.4 is 5.32 Å². The van der Waals surface area contributed by atoms with Gasteiger partial charge in [-0.25, -0.2) is 4.39 Å². The molecule has 0 unspecified atom stereocenters. The van der Waals surface area contributed by atoms with Crippen LogP contribution in [0.4, 0.5) is 10.1 Å². The second kappa shape index (κ2) is 7.84. The smallest absolute Gasteiger partial charge is 0.272 e. The van der Waals surface area contributed by atoms with Gasteiger partial charge in [0.25, 0.3) is 5.69 Å². The molecular weight excluding hydrogens is 255 g/mol. The summed E-state index contributed by atoms with van der Waals surface area (Å²) in [6.45, 7) is 4.81. The molecule has 0 spiro atoms. The van der Waals surface area contributed by atoms with Crippen molar-refractivity contribution in [3.05, 3.63) is 52.3 Å². The van der Waals surface area contributed by atoms with Gasteiger partial charge in [0, 0.05) is 30.7 Å². The van der Waals surface area contributed by atoms with Gasteiger partial charge in [-0.05, 0) is 11.6 Å². The topological polar surface area (TPSA) is 55.2 Å². The SMILES string of the molecule is C=CCSCCNCc1cc(F)cc([N+](=O)[O-])c1. The number of nitro benzene ring substituents is 1. The first-order valence-electron chi connectivity index (χ1n) is 5.46. The largest absolute Gasteiger partial charge is 0.312 e. The molecule has 4 nitrogen and oxygen atoms in total. The van der Waals surface area contributed by atoms with Crippen molar-refractivity contribution in [3.8, 4) is 0 Å². The van der Waals surface area contributed by atoms with Gasteiger partial charge >= 0.3 is 0 Å². The third-order valence-corrected chi connectivity index (χ3v) is 3.11. The monoisotopic (exact) mass is 270 g/mol. The van der Waals surface area contributed by atoms with Crippen LogP contribution in [0, 0.1) is 15.9 Å². The van der Waals surface area contributed by atoms with E-state index >= 15 is 0 Å². The van der Waals surface area contributed by atoms with Crippen molar-refractivity contribution >= 4 is 17.4 Å². The molecule has 0 aliphatic rings. The first kappa shape index (κ1) is 14.7. The average Bonchev–Trinajstić information content (AvgIpc) is 2.33. The van der Waals surface area contributed by atoms with Gasteiger partial charge in [0.2, 0.25) is 0 Å². The minimum absolute atomic E-state index is 0.215. The third-order valence-electron chi connectivity index (χ3n) is 2.14. The van der Waals surface area contributed by atoms with Crippen LogP contribution in [0.25, 0.3) is 0 Å². The van der Waals surface area contributed by atoms with E-state index in [1.165, 1.54) is 12.1 Å².